The molecular formula is C18H23ClN6. The molecular weight excluding hydrogens is 336 g/mol. The fourth-order valence-corrected chi connectivity index (χ4v) is 3.48. The Morgan fingerprint density at radius 1 is 1.12 bits per heavy atom. The van der Waals surface area contributed by atoms with Crippen LogP contribution in [0.4, 0.5) is 5.95 Å². The number of nitrogens with one attached hydrogen (secondary N) is 1. The van der Waals surface area contributed by atoms with Crippen molar-refractivity contribution in [2.75, 3.05) is 31.9 Å². The van der Waals surface area contributed by atoms with Gasteiger partial charge in [0.2, 0.25) is 5.95 Å². The molecule has 6 nitrogen and oxygen atoms in total. The molecule has 0 saturated carbocycles. The van der Waals surface area contributed by atoms with Crippen LogP contribution in [0.5, 0.6) is 0 Å². The SMILES string of the molecule is CC(N1CCNCC1)n1c(N)nc2c(-c3ccccn3)cccc21.Cl. The normalized spacial score (nSPS) is 16.5. The highest BCUT2D eigenvalue weighted by atomic mass is 35.5. The minimum absolute atomic E-state index is 0. The topological polar surface area (TPSA) is 72.0 Å². The van der Waals surface area contributed by atoms with Crippen molar-refractivity contribution in [1.82, 2.24) is 24.8 Å². The van der Waals surface area contributed by atoms with E-state index in [4.69, 9.17) is 5.73 Å². The van der Waals surface area contributed by atoms with Crippen molar-refractivity contribution in [3.63, 3.8) is 0 Å². The largest absolute Gasteiger partial charge is 0.369 e. The number of pyridine rings is 1. The zero-order valence-corrected chi connectivity index (χ0v) is 15.0. The molecule has 0 aliphatic carbocycles. The first kappa shape index (κ1) is 17.7. The number of nitrogens with two attached hydrogens (primary N) is 1. The number of nitrogen functional groups attached to an aromatic ring is 1. The number of halogens is 1. The molecule has 4 rings (SSSR count). The maximum Gasteiger partial charge on any atom is 0.202 e. The van der Waals surface area contributed by atoms with Gasteiger partial charge in [0.25, 0.3) is 0 Å². The van der Waals surface area contributed by atoms with Crippen LogP contribution in [0.25, 0.3) is 22.3 Å². The zero-order chi connectivity index (χ0) is 16.5. The molecule has 25 heavy (non-hydrogen) atoms. The smallest absolute Gasteiger partial charge is 0.202 e. The Labute approximate surface area is 153 Å². The molecule has 132 valence electrons. The number of piperazine rings is 1. The fraction of sp³-hybridized carbons (Fsp3) is 0.333. The van der Waals surface area contributed by atoms with Gasteiger partial charge in [0, 0.05) is 37.9 Å². The third-order valence-corrected chi connectivity index (χ3v) is 4.74. The lowest BCUT2D eigenvalue weighted by molar-refractivity contribution is 0.140. The third kappa shape index (κ3) is 3.20. The first-order chi connectivity index (χ1) is 11.8. The average molecular weight is 359 g/mol. The van der Waals surface area contributed by atoms with Gasteiger partial charge in [-0.05, 0) is 25.1 Å². The summed E-state index contributed by atoms with van der Waals surface area (Å²) < 4.78 is 2.13. The Bertz CT molecular complexity index is 841. The van der Waals surface area contributed by atoms with Crippen LogP contribution in [0.15, 0.2) is 42.6 Å². The van der Waals surface area contributed by atoms with Crippen LogP contribution in [-0.4, -0.2) is 45.6 Å². The van der Waals surface area contributed by atoms with Crippen molar-refractivity contribution in [3.8, 4) is 11.3 Å². The molecule has 1 aliphatic rings. The summed E-state index contributed by atoms with van der Waals surface area (Å²) in [6, 6.07) is 12.1. The summed E-state index contributed by atoms with van der Waals surface area (Å²) in [6.45, 7) is 6.24. The number of imidazole rings is 1. The van der Waals surface area contributed by atoms with E-state index >= 15 is 0 Å². The van der Waals surface area contributed by atoms with Crippen LogP contribution < -0.4 is 11.1 Å². The first-order valence-electron chi connectivity index (χ1n) is 8.38. The van der Waals surface area contributed by atoms with Gasteiger partial charge in [0.05, 0.1) is 17.4 Å². The Morgan fingerprint density at radius 3 is 2.64 bits per heavy atom. The lowest BCUT2D eigenvalue weighted by atomic mass is 10.1. The lowest BCUT2D eigenvalue weighted by Crippen LogP contribution is -2.45. The molecule has 1 aromatic carbocycles. The molecule has 1 atom stereocenters. The number of benzene rings is 1. The van der Waals surface area contributed by atoms with Crippen LogP contribution >= 0.6 is 12.4 Å². The standard InChI is InChI=1S/C18H22N6.ClH/c1-13(23-11-9-20-10-12-23)24-16-7-4-5-14(17(16)22-18(24)19)15-6-2-3-8-21-15;/h2-8,13,20H,9-12H2,1H3,(H2,19,22);1H. The monoisotopic (exact) mass is 358 g/mol. The predicted octanol–water partition coefficient (Wildman–Crippen LogP) is 2.53. The van der Waals surface area contributed by atoms with Gasteiger partial charge in [-0.1, -0.05) is 18.2 Å². The Hall–Kier alpha value is -2.15. The summed E-state index contributed by atoms with van der Waals surface area (Å²) in [5.74, 6) is 0.555. The number of aromatic nitrogens is 3. The minimum Gasteiger partial charge on any atom is -0.369 e. The summed E-state index contributed by atoms with van der Waals surface area (Å²) in [7, 11) is 0. The van der Waals surface area contributed by atoms with Gasteiger partial charge in [0.15, 0.2) is 0 Å². The average Bonchev–Trinajstić information content (AvgIpc) is 2.98. The highest BCUT2D eigenvalue weighted by Gasteiger charge is 2.22. The molecule has 1 saturated heterocycles. The molecule has 3 N–H and O–H groups in total. The van der Waals surface area contributed by atoms with E-state index in [0.717, 1.165) is 48.5 Å². The van der Waals surface area contributed by atoms with E-state index < -0.39 is 0 Å². The van der Waals surface area contributed by atoms with Crippen molar-refractivity contribution < 1.29 is 0 Å². The van der Waals surface area contributed by atoms with Gasteiger partial charge >= 0.3 is 0 Å². The number of rotatable bonds is 3. The molecule has 1 unspecified atom stereocenters. The summed E-state index contributed by atoms with van der Waals surface area (Å²) in [6.07, 6.45) is 1.98. The number of hydrogen-bond acceptors (Lipinski definition) is 5. The number of anilines is 1. The molecule has 3 aromatic rings. The molecule has 2 aromatic heterocycles. The van der Waals surface area contributed by atoms with Gasteiger partial charge in [-0.15, -0.1) is 12.4 Å². The Morgan fingerprint density at radius 2 is 1.92 bits per heavy atom. The van der Waals surface area contributed by atoms with Crippen LogP contribution in [-0.2, 0) is 0 Å². The second kappa shape index (κ2) is 7.39. The van der Waals surface area contributed by atoms with E-state index in [1.807, 2.05) is 18.2 Å². The summed E-state index contributed by atoms with van der Waals surface area (Å²) in [5, 5.41) is 3.39. The highest BCUT2D eigenvalue weighted by molar-refractivity contribution is 5.92. The summed E-state index contributed by atoms with van der Waals surface area (Å²) >= 11 is 0. The lowest BCUT2D eigenvalue weighted by Gasteiger charge is -2.34. The number of nitrogens with zero attached hydrogens (tertiary/aromatic N) is 4. The van der Waals surface area contributed by atoms with Crippen LogP contribution in [0, 0.1) is 0 Å². The maximum absolute atomic E-state index is 6.30. The van der Waals surface area contributed by atoms with E-state index in [-0.39, 0.29) is 18.6 Å². The Kier molecular flexibility index (Phi) is 5.22. The van der Waals surface area contributed by atoms with Crippen molar-refractivity contribution in [1.29, 1.82) is 0 Å². The summed E-state index contributed by atoms with van der Waals surface area (Å²) in [5.41, 5.74) is 10.2. The molecule has 1 fully saturated rings. The quantitative estimate of drug-likeness (QED) is 0.752. The fourth-order valence-electron chi connectivity index (χ4n) is 3.48. The number of fused-ring (bicyclic) bond motifs is 1. The van der Waals surface area contributed by atoms with Gasteiger partial charge < -0.3 is 11.1 Å². The van der Waals surface area contributed by atoms with Crippen molar-refractivity contribution in [3.05, 3.63) is 42.6 Å². The van der Waals surface area contributed by atoms with E-state index in [9.17, 15) is 0 Å². The van der Waals surface area contributed by atoms with Gasteiger partial charge in [0.1, 0.15) is 5.52 Å². The van der Waals surface area contributed by atoms with E-state index in [1.165, 1.54) is 0 Å². The van der Waals surface area contributed by atoms with Crippen molar-refractivity contribution >= 4 is 29.4 Å². The zero-order valence-electron chi connectivity index (χ0n) is 14.2. The van der Waals surface area contributed by atoms with Crippen molar-refractivity contribution in [2.45, 2.75) is 13.1 Å². The van der Waals surface area contributed by atoms with Crippen molar-refractivity contribution in [2.24, 2.45) is 0 Å². The second-order valence-electron chi connectivity index (χ2n) is 6.15. The van der Waals surface area contributed by atoms with Crippen LogP contribution in [0.1, 0.15) is 13.1 Å². The maximum atomic E-state index is 6.30. The van der Waals surface area contributed by atoms with E-state index in [2.05, 4.69) is 49.9 Å². The highest BCUT2D eigenvalue weighted by Crippen LogP contribution is 2.31. The molecule has 0 spiro atoms. The van der Waals surface area contributed by atoms with Gasteiger partial charge in [-0.3, -0.25) is 14.5 Å². The van der Waals surface area contributed by atoms with Crippen LogP contribution in [0.2, 0.25) is 0 Å². The molecule has 0 radical (unpaired) electrons. The first-order valence-corrected chi connectivity index (χ1v) is 8.38. The van der Waals surface area contributed by atoms with Gasteiger partial charge in [-0.2, -0.15) is 0 Å². The molecule has 0 amide bonds. The summed E-state index contributed by atoms with van der Waals surface area (Å²) in [4.78, 5) is 11.6. The van der Waals surface area contributed by atoms with E-state index in [0.29, 0.717) is 5.95 Å². The van der Waals surface area contributed by atoms with Crippen LogP contribution in [0.3, 0.4) is 0 Å². The molecule has 0 bridgehead atoms. The number of hydrogen-bond donors (Lipinski definition) is 2. The molecule has 3 heterocycles. The second-order valence-corrected chi connectivity index (χ2v) is 6.15. The van der Waals surface area contributed by atoms with E-state index in [1.54, 1.807) is 6.20 Å². The minimum atomic E-state index is 0. The molecule has 7 heteroatoms. The molecule has 1 aliphatic heterocycles. The number of para-hydroxylation sites is 1. The predicted molar refractivity (Wildman–Crippen MR) is 104 cm³/mol. The third-order valence-electron chi connectivity index (χ3n) is 4.74. The van der Waals surface area contributed by atoms with Gasteiger partial charge in [-0.25, -0.2) is 4.98 Å². The Balaban J connectivity index is 0.00000182.